The molecule has 0 aromatic rings. The van der Waals surface area contributed by atoms with E-state index in [1.165, 1.54) is 0 Å². The topological polar surface area (TPSA) is 81.4 Å². The van der Waals surface area contributed by atoms with Gasteiger partial charge in [0.1, 0.15) is 0 Å². The molecule has 0 bridgehead atoms. The number of carbonyl (C=O) groups excluding carboxylic acids is 2. The van der Waals surface area contributed by atoms with Gasteiger partial charge in [-0.2, -0.15) is 0 Å². The minimum Gasteiger partial charge on any atom is -0.352 e. The second-order valence-electron chi connectivity index (χ2n) is 3.15. The van der Waals surface area contributed by atoms with Crippen molar-refractivity contribution in [2.45, 2.75) is 26.5 Å². The predicted molar refractivity (Wildman–Crippen MR) is 65.0 cm³/mol. The molecule has 0 saturated carbocycles. The molecular formula is C10H18N2O3S. The van der Waals surface area contributed by atoms with Crippen LogP contribution in [0.4, 0.5) is 4.79 Å². The highest BCUT2D eigenvalue weighted by Gasteiger charge is 2.33. The fourth-order valence-corrected chi connectivity index (χ4v) is 1.77. The first kappa shape index (κ1) is 15.0. The molecule has 16 heavy (non-hydrogen) atoms. The molecule has 0 fully saturated rings. The summed E-state index contributed by atoms with van der Waals surface area (Å²) in [4.78, 5) is 22.5. The van der Waals surface area contributed by atoms with Crippen molar-refractivity contribution < 1.29 is 14.3 Å². The van der Waals surface area contributed by atoms with Crippen LogP contribution in [0, 0.1) is 0 Å². The highest BCUT2D eigenvalue weighted by Crippen LogP contribution is 2.22. The molecule has 1 unspecified atom stereocenters. The quantitative estimate of drug-likeness (QED) is 0.546. The zero-order chi connectivity index (χ0) is 12.8. The fraction of sp³-hybridized carbons (Fsp3) is 0.600. The van der Waals surface area contributed by atoms with Gasteiger partial charge in [0.2, 0.25) is 5.12 Å². The summed E-state index contributed by atoms with van der Waals surface area (Å²) in [6.45, 7) is 9.15. The molecule has 0 aromatic heterocycles. The molecule has 2 amide bonds. The molecule has 3 N–H and O–H groups in total. The van der Waals surface area contributed by atoms with Crippen LogP contribution in [0.2, 0.25) is 0 Å². The van der Waals surface area contributed by atoms with Gasteiger partial charge in [0.15, 0.2) is 5.72 Å². The molecule has 92 valence electrons. The van der Waals surface area contributed by atoms with E-state index in [1.54, 1.807) is 13.8 Å². The number of urea groups is 1. The summed E-state index contributed by atoms with van der Waals surface area (Å²) in [5.41, 5.74) is 3.98. The summed E-state index contributed by atoms with van der Waals surface area (Å²) < 4.78 is 5.32. The third kappa shape index (κ3) is 4.24. The van der Waals surface area contributed by atoms with Crippen LogP contribution in [0.5, 0.6) is 0 Å². The largest absolute Gasteiger partial charge is 0.352 e. The molecule has 0 radical (unpaired) electrons. The molecule has 6 heteroatoms. The number of hydrogen-bond donors (Lipinski definition) is 2. The Balaban J connectivity index is 4.81. The van der Waals surface area contributed by atoms with Crippen molar-refractivity contribution in [1.82, 2.24) is 5.32 Å². The van der Waals surface area contributed by atoms with Gasteiger partial charge in [-0.3, -0.25) is 4.79 Å². The van der Waals surface area contributed by atoms with Crippen LogP contribution < -0.4 is 11.1 Å². The van der Waals surface area contributed by atoms with Crippen molar-refractivity contribution in [2.75, 3.05) is 12.4 Å². The normalized spacial score (nSPS) is 13.9. The zero-order valence-electron chi connectivity index (χ0n) is 9.83. The van der Waals surface area contributed by atoms with E-state index in [4.69, 9.17) is 10.5 Å². The smallest absolute Gasteiger partial charge is 0.314 e. The Morgan fingerprint density at radius 1 is 1.50 bits per heavy atom. The van der Waals surface area contributed by atoms with Gasteiger partial charge in [0.05, 0.1) is 5.57 Å². The number of hydrogen-bond acceptors (Lipinski definition) is 4. The molecule has 0 aliphatic carbocycles. The van der Waals surface area contributed by atoms with Crippen LogP contribution >= 0.6 is 11.8 Å². The Morgan fingerprint density at radius 3 is 2.44 bits per heavy atom. The number of carbonyl (C=O) groups is 2. The molecule has 0 aliphatic rings. The summed E-state index contributed by atoms with van der Waals surface area (Å²) in [7, 11) is 0. The van der Waals surface area contributed by atoms with Crippen LogP contribution in [-0.4, -0.2) is 29.2 Å². The molecule has 5 nitrogen and oxygen atoms in total. The Hall–Kier alpha value is -1.01. The van der Waals surface area contributed by atoms with Crippen molar-refractivity contribution in [3.05, 3.63) is 12.2 Å². The molecular weight excluding hydrogens is 228 g/mol. The molecule has 0 aliphatic heterocycles. The third-order valence-electron chi connectivity index (χ3n) is 1.89. The van der Waals surface area contributed by atoms with Crippen LogP contribution in [-0.2, 0) is 9.53 Å². The molecule has 0 aromatic carbocycles. The number of amides is 2. The summed E-state index contributed by atoms with van der Waals surface area (Å²) >= 11 is 1.11. The maximum Gasteiger partial charge on any atom is 0.314 e. The molecule has 1 atom stereocenters. The van der Waals surface area contributed by atoms with Crippen LogP contribution in [0.3, 0.4) is 0 Å². The lowest BCUT2D eigenvalue weighted by Gasteiger charge is -2.30. The molecule has 0 heterocycles. The third-order valence-corrected chi connectivity index (χ3v) is 2.69. The van der Waals surface area contributed by atoms with E-state index < -0.39 is 11.8 Å². The van der Waals surface area contributed by atoms with Crippen molar-refractivity contribution in [2.24, 2.45) is 5.73 Å². The van der Waals surface area contributed by atoms with E-state index in [0.717, 1.165) is 11.8 Å². The lowest BCUT2D eigenvalue weighted by molar-refractivity contribution is -0.111. The SMILES string of the molecule is C=C(C(=O)SCC)C(C)(NC(N)=O)OCC. The number of nitrogens with one attached hydrogen (secondary N) is 1. The fourth-order valence-electron chi connectivity index (χ4n) is 1.14. The van der Waals surface area contributed by atoms with Crippen LogP contribution in [0.1, 0.15) is 20.8 Å². The van der Waals surface area contributed by atoms with Gasteiger partial charge in [0, 0.05) is 6.61 Å². The average molecular weight is 246 g/mol. The van der Waals surface area contributed by atoms with E-state index >= 15 is 0 Å². The van der Waals surface area contributed by atoms with Crippen LogP contribution in [0.15, 0.2) is 12.2 Å². The van der Waals surface area contributed by atoms with E-state index in [-0.39, 0.29) is 10.7 Å². The second-order valence-corrected chi connectivity index (χ2v) is 4.39. The summed E-state index contributed by atoms with van der Waals surface area (Å²) in [6.07, 6.45) is 0. The van der Waals surface area contributed by atoms with Gasteiger partial charge in [-0.05, 0) is 19.6 Å². The second kappa shape index (κ2) is 6.55. The standard InChI is InChI=1S/C10H18N2O3S/c1-5-15-10(4,12-9(11)14)7(3)8(13)16-6-2/h3,5-6H2,1-2,4H3,(H3,11,12,14). The van der Waals surface area contributed by atoms with E-state index in [1.807, 2.05) is 6.92 Å². The first-order valence-electron chi connectivity index (χ1n) is 4.95. The number of primary amides is 1. The lowest BCUT2D eigenvalue weighted by Crippen LogP contribution is -2.52. The van der Waals surface area contributed by atoms with Gasteiger partial charge in [-0.15, -0.1) is 0 Å². The van der Waals surface area contributed by atoms with Crippen LogP contribution in [0.25, 0.3) is 0 Å². The molecule has 0 spiro atoms. The van der Waals surface area contributed by atoms with Crippen molar-refractivity contribution in [1.29, 1.82) is 0 Å². The van der Waals surface area contributed by atoms with Crippen molar-refractivity contribution >= 4 is 22.9 Å². The van der Waals surface area contributed by atoms with Gasteiger partial charge in [-0.25, -0.2) is 4.79 Å². The lowest BCUT2D eigenvalue weighted by atomic mass is 10.1. The van der Waals surface area contributed by atoms with E-state index in [2.05, 4.69) is 11.9 Å². The Morgan fingerprint density at radius 2 is 2.06 bits per heavy atom. The Kier molecular flexibility index (Phi) is 6.13. The summed E-state index contributed by atoms with van der Waals surface area (Å²) in [5.74, 6) is 0.636. The number of thioether (sulfide) groups is 1. The maximum atomic E-state index is 11.6. The zero-order valence-corrected chi connectivity index (χ0v) is 10.6. The minimum atomic E-state index is -1.24. The van der Waals surface area contributed by atoms with E-state index in [0.29, 0.717) is 12.4 Å². The number of ether oxygens (including phenoxy) is 1. The van der Waals surface area contributed by atoms with Gasteiger partial charge < -0.3 is 15.8 Å². The Bertz CT molecular complexity index is 294. The van der Waals surface area contributed by atoms with Gasteiger partial charge >= 0.3 is 6.03 Å². The monoisotopic (exact) mass is 246 g/mol. The highest BCUT2D eigenvalue weighted by molar-refractivity contribution is 8.14. The first-order chi connectivity index (χ1) is 7.37. The average Bonchev–Trinajstić information content (AvgIpc) is 2.16. The number of rotatable bonds is 6. The highest BCUT2D eigenvalue weighted by atomic mass is 32.2. The van der Waals surface area contributed by atoms with Gasteiger partial charge in [0.25, 0.3) is 0 Å². The van der Waals surface area contributed by atoms with E-state index in [9.17, 15) is 9.59 Å². The maximum absolute atomic E-state index is 11.6. The minimum absolute atomic E-state index is 0.181. The summed E-state index contributed by atoms with van der Waals surface area (Å²) in [5, 5.41) is 2.16. The van der Waals surface area contributed by atoms with Gasteiger partial charge in [-0.1, -0.05) is 25.3 Å². The molecule has 0 saturated heterocycles. The number of nitrogens with two attached hydrogens (primary N) is 1. The van der Waals surface area contributed by atoms with Crippen molar-refractivity contribution in [3.8, 4) is 0 Å². The predicted octanol–water partition coefficient (Wildman–Crippen LogP) is 1.24. The van der Waals surface area contributed by atoms with Crippen molar-refractivity contribution in [3.63, 3.8) is 0 Å². The molecule has 0 rings (SSSR count). The summed E-state index contributed by atoms with van der Waals surface area (Å²) in [6, 6.07) is -0.758. The first-order valence-corrected chi connectivity index (χ1v) is 5.94. The Labute approximate surface area is 99.8 Å².